The number of hydrogen-bond acceptors (Lipinski definition) is 2. The second kappa shape index (κ2) is 7.95. The largest absolute Gasteiger partial charge is 0.352 e. The first-order valence-electron chi connectivity index (χ1n) is 8.65. The van der Waals surface area contributed by atoms with Gasteiger partial charge in [0.1, 0.15) is 12.4 Å². The Morgan fingerprint density at radius 2 is 1.92 bits per heavy atom. The smallest absolute Gasteiger partial charge is 0.240 e. The van der Waals surface area contributed by atoms with Crippen LogP contribution in [0, 0.1) is 5.82 Å². The molecule has 0 aliphatic heterocycles. The molecule has 3 aromatic rings. The van der Waals surface area contributed by atoms with Gasteiger partial charge in [-0.1, -0.05) is 30.3 Å². The molecule has 2 aromatic carbocycles. The van der Waals surface area contributed by atoms with E-state index in [1.807, 2.05) is 25.1 Å². The van der Waals surface area contributed by atoms with Crippen molar-refractivity contribution in [3.05, 3.63) is 82.4 Å². The molecule has 0 fully saturated rings. The lowest BCUT2D eigenvalue weighted by atomic mass is 10.1. The Hall–Kier alpha value is -2.95. The number of nitrogens with zero attached hydrogens (tertiary/aromatic N) is 1. The summed E-state index contributed by atoms with van der Waals surface area (Å²) in [6.07, 6.45) is 3.30. The second-order valence-electron chi connectivity index (χ2n) is 6.46. The third-order valence-electron chi connectivity index (χ3n) is 4.37. The molecule has 1 aromatic heterocycles. The highest BCUT2D eigenvalue weighted by atomic mass is 19.1. The number of carbonyl (C=O) groups excluding carboxylic acids is 1. The van der Waals surface area contributed by atoms with Gasteiger partial charge in [-0.05, 0) is 43.5 Å². The van der Waals surface area contributed by atoms with Gasteiger partial charge >= 0.3 is 0 Å². The van der Waals surface area contributed by atoms with Crippen molar-refractivity contribution in [3.63, 3.8) is 0 Å². The van der Waals surface area contributed by atoms with Crippen LogP contribution in [0.1, 0.15) is 18.9 Å². The average Bonchev–Trinajstić information content (AvgIpc) is 2.63. The van der Waals surface area contributed by atoms with Crippen LogP contribution >= 0.6 is 0 Å². The summed E-state index contributed by atoms with van der Waals surface area (Å²) in [4.78, 5) is 24.2. The van der Waals surface area contributed by atoms with E-state index in [0.29, 0.717) is 5.52 Å². The summed E-state index contributed by atoms with van der Waals surface area (Å²) in [5, 5.41) is 3.25. The van der Waals surface area contributed by atoms with E-state index in [-0.39, 0.29) is 29.3 Å². The van der Waals surface area contributed by atoms with Crippen molar-refractivity contribution < 1.29 is 9.18 Å². The van der Waals surface area contributed by atoms with Gasteiger partial charge in [-0.3, -0.25) is 9.59 Å². The zero-order valence-electron chi connectivity index (χ0n) is 14.6. The van der Waals surface area contributed by atoms with E-state index < -0.39 is 5.82 Å². The van der Waals surface area contributed by atoms with Crippen molar-refractivity contribution >= 4 is 16.8 Å². The molecule has 0 bridgehead atoms. The molecule has 1 heterocycles. The Labute approximate surface area is 151 Å². The maximum atomic E-state index is 13.4. The number of halogens is 1. The summed E-state index contributed by atoms with van der Waals surface area (Å²) in [6, 6.07) is 15.5. The van der Waals surface area contributed by atoms with E-state index in [2.05, 4.69) is 17.4 Å². The minimum atomic E-state index is -0.466. The Kier molecular flexibility index (Phi) is 5.46. The molecule has 5 heteroatoms. The van der Waals surface area contributed by atoms with Crippen molar-refractivity contribution in [1.82, 2.24) is 9.88 Å². The molecule has 0 radical (unpaired) electrons. The van der Waals surface area contributed by atoms with Crippen molar-refractivity contribution in [2.24, 2.45) is 0 Å². The summed E-state index contributed by atoms with van der Waals surface area (Å²) in [6.45, 7) is 2.05. The summed E-state index contributed by atoms with van der Waals surface area (Å²) >= 11 is 0. The lowest BCUT2D eigenvalue weighted by Crippen LogP contribution is -2.35. The maximum absolute atomic E-state index is 13.4. The summed E-state index contributed by atoms with van der Waals surface area (Å²) in [5.41, 5.74) is 1.53. The van der Waals surface area contributed by atoms with E-state index >= 15 is 0 Å². The number of pyridine rings is 1. The molecular formula is C21H21FN2O2. The number of hydrogen-bond donors (Lipinski definition) is 1. The van der Waals surface area contributed by atoms with E-state index in [1.165, 1.54) is 29.8 Å². The first-order valence-corrected chi connectivity index (χ1v) is 8.65. The van der Waals surface area contributed by atoms with Crippen LogP contribution in [0.5, 0.6) is 0 Å². The van der Waals surface area contributed by atoms with Gasteiger partial charge in [-0.25, -0.2) is 4.39 Å². The molecular weight excluding hydrogens is 331 g/mol. The molecule has 0 aliphatic rings. The zero-order valence-corrected chi connectivity index (χ0v) is 14.6. The highest BCUT2D eigenvalue weighted by molar-refractivity contribution is 5.82. The van der Waals surface area contributed by atoms with Crippen LogP contribution in [0.2, 0.25) is 0 Å². The fourth-order valence-electron chi connectivity index (χ4n) is 3.00. The Morgan fingerprint density at radius 3 is 2.69 bits per heavy atom. The van der Waals surface area contributed by atoms with Crippen LogP contribution in [0.25, 0.3) is 10.9 Å². The van der Waals surface area contributed by atoms with Gasteiger partial charge in [-0.15, -0.1) is 0 Å². The Bertz CT molecular complexity index is 967. The van der Waals surface area contributed by atoms with Crippen molar-refractivity contribution in [1.29, 1.82) is 0 Å². The van der Waals surface area contributed by atoms with E-state index in [1.54, 1.807) is 10.8 Å². The number of aromatic nitrogens is 1. The molecule has 0 saturated carbocycles. The third kappa shape index (κ3) is 4.36. The van der Waals surface area contributed by atoms with E-state index in [4.69, 9.17) is 0 Å². The minimum absolute atomic E-state index is 0.0331. The first kappa shape index (κ1) is 17.9. The van der Waals surface area contributed by atoms with Crippen LogP contribution in [0.15, 0.2) is 65.6 Å². The van der Waals surface area contributed by atoms with Gasteiger partial charge in [0.25, 0.3) is 0 Å². The number of aryl methyl sites for hydroxylation is 1. The molecule has 0 aliphatic carbocycles. The highest BCUT2D eigenvalue weighted by Crippen LogP contribution is 2.12. The SMILES string of the molecule is C[C@H](CCc1ccccc1)NC(=O)Cn1ccc(=O)c2cc(F)ccc21. The molecule has 1 amide bonds. The van der Waals surface area contributed by atoms with E-state index in [0.717, 1.165) is 12.8 Å². The highest BCUT2D eigenvalue weighted by Gasteiger charge is 2.11. The predicted octanol–water partition coefficient (Wildman–Crippen LogP) is 3.28. The predicted molar refractivity (Wildman–Crippen MR) is 101 cm³/mol. The number of amides is 1. The van der Waals surface area contributed by atoms with Crippen molar-refractivity contribution in [2.45, 2.75) is 32.4 Å². The van der Waals surface area contributed by atoms with E-state index in [9.17, 15) is 14.0 Å². The number of benzene rings is 2. The molecule has 0 unspecified atom stereocenters. The van der Waals surface area contributed by atoms with Gasteiger partial charge in [0.15, 0.2) is 5.43 Å². The summed E-state index contributed by atoms with van der Waals surface area (Å²) in [5.74, 6) is -0.605. The van der Waals surface area contributed by atoms with Gasteiger partial charge in [0, 0.05) is 23.7 Å². The topological polar surface area (TPSA) is 51.1 Å². The fourth-order valence-corrected chi connectivity index (χ4v) is 3.00. The summed E-state index contributed by atoms with van der Waals surface area (Å²) in [7, 11) is 0. The molecule has 4 nitrogen and oxygen atoms in total. The molecule has 0 saturated heterocycles. The minimum Gasteiger partial charge on any atom is -0.352 e. The van der Waals surface area contributed by atoms with Crippen molar-refractivity contribution in [2.75, 3.05) is 0 Å². The van der Waals surface area contributed by atoms with Crippen molar-refractivity contribution in [3.8, 4) is 0 Å². The fraction of sp³-hybridized carbons (Fsp3) is 0.238. The van der Waals surface area contributed by atoms with Gasteiger partial charge in [-0.2, -0.15) is 0 Å². The standard InChI is InChI=1S/C21H21FN2O2/c1-15(7-8-16-5-3-2-4-6-16)23-21(26)14-24-12-11-20(25)18-13-17(22)9-10-19(18)24/h2-6,9-13,15H,7-8,14H2,1H3,(H,23,26)/t15-/m1/s1. The Balaban J connectivity index is 1.64. The number of fused-ring (bicyclic) bond motifs is 1. The van der Waals surface area contributed by atoms with Crippen LogP contribution < -0.4 is 10.7 Å². The lowest BCUT2D eigenvalue weighted by molar-refractivity contribution is -0.122. The summed E-state index contributed by atoms with van der Waals surface area (Å²) < 4.78 is 15.0. The molecule has 1 N–H and O–H groups in total. The number of rotatable bonds is 6. The maximum Gasteiger partial charge on any atom is 0.240 e. The molecule has 134 valence electrons. The second-order valence-corrected chi connectivity index (χ2v) is 6.46. The van der Waals surface area contributed by atoms with Gasteiger partial charge in [0.05, 0.1) is 5.52 Å². The van der Waals surface area contributed by atoms with Crippen LogP contribution in [-0.4, -0.2) is 16.5 Å². The third-order valence-corrected chi connectivity index (χ3v) is 4.37. The molecule has 0 spiro atoms. The monoisotopic (exact) mass is 352 g/mol. The average molecular weight is 352 g/mol. The molecule has 1 atom stereocenters. The number of carbonyl (C=O) groups is 1. The van der Waals surface area contributed by atoms with Gasteiger partial charge < -0.3 is 9.88 Å². The van der Waals surface area contributed by atoms with Gasteiger partial charge in [0.2, 0.25) is 5.91 Å². The zero-order chi connectivity index (χ0) is 18.5. The van der Waals surface area contributed by atoms with Crippen LogP contribution in [0.4, 0.5) is 4.39 Å². The quantitative estimate of drug-likeness (QED) is 0.740. The first-order chi connectivity index (χ1) is 12.5. The van der Waals surface area contributed by atoms with Crippen LogP contribution in [0.3, 0.4) is 0 Å². The number of nitrogens with one attached hydrogen (secondary N) is 1. The lowest BCUT2D eigenvalue weighted by Gasteiger charge is -2.16. The molecule has 26 heavy (non-hydrogen) atoms. The normalized spacial score (nSPS) is 12.1. The Morgan fingerprint density at radius 1 is 1.15 bits per heavy atom. The molecule has 3 rings (SSSR count). The van der Waals surface area contributed by atoms with Crippen LogP contribution in [-0.2, 0) is 17.8 Å².